The van der Waals surface area contributed by atoms with Gasteiger partial charge in [-0.3, -0.25) is 4.98 Å². The second kappa shape index (κ2) is 7.80. The number of hydrogen-bond donors (Lipinski definition) is 1. The van der Waals surface area contributed by atoms with E-state index in [9.17, 15) is 4.79 Å². The fourth-order valence-electron chi connectivity index (χ4n) is 3.14. The first-order chi connectivity index (χ1) is 12.2. The number of benzene rings is 1. The van der Waals surface area contributed by atoms with Crippen LogP contribution in [0.3, 0.4) is 0 Å². The number of nitrogens with one attached hydrogen (secondary N) is 1. The van der Waals surface area contributed by atoms with Crippen LogP contribution in [0.2, 0.25) is 0 Å². The molecule has 25 heavy (non-hydrogen) atoms. The minimum Gasteiger partial charge on any atom is -0.462 e. The van der Waals surface area contributed by atoms with E-state index in [1.807, 2.05) is 24.3 Å². The van der Waals surface area contributed by atoms with Gasteiger partial charge >= 0.3 is 5.97 Å². The van der Waals surface area contributed by atoms with Crippen molar-refractivity contribution in [1.82, 2.24) is 4.98 Å². The number of pyridine rings is 1. The molecule has 1 aliphatic heterocycles. The molecule has 134 valence electrons. The summed E-state index contributed by atoms with van der Waals surface area (Å²) < 4.78 is 16.4. The predicted molar refractivity (Wildman–Crippen MR) is 96.0 cm³/mol. The number of rotatable bonds is 6. The lowest BCUT2D eigenvalue weighted by atomic mass is 9.93. The number of carbonyl (C=O) groups excluding carboxylic acids is 1. The summed E-state index contributed by atoms with van der Waals surface area (Å²) in [6.45, 7) is 4.06. The summed E-state index contributed by atoms with van der Waals surface area (Å²) in [6, 6.07) is 7.75. The lowest BCUT2D eigenvalue weighted by molar-refractivity contribution is -0.0807. The Hall–Kier alpha value is -2.18. The van der Waals surface area contributed by atoms with Crippen molar-refractivity contribution in [1.29, 1.82) is 0 Å². The number of carbonyl (C=O) groups is 1. The average molecular weight is 344 g/mol. The van der Waals surface area contributed by atoms with Crippen LogP contribution in [0.25, 0.3) is 10.9 Å². The third-order valence-corrected chi connectivity index (χ3v) is 4.70. The molecule has 0 bridgehead atoms. The number of methoxy groups -OCH3 is 1. The topological polar surface area (TPSA) is 69.7 Å². The lowest BCUT2D eigenvalue weighted by Crippen LogP contribution is -2.44. The van der Waals surface area contributed by atoms with Gasteiger partial charge in [-0.15, -0.1) is 0 Å². The Morgan fingerprint density at radius 1 is 1.32 bits per heavy atom. The van der Waals surface area contributed by atoms with Crippen LogP contribution in [0, 0.1) is 0 Å². The standard InChI is InChI=1S/C19H24N2O4/c1-3-25-18(22)15-12-20-16-7-5-4-6-14(16)17(15)21-13-19(23-2)8-10-24-11-9-19/h4-7,12H,3,8-11,13H2,1-2H3,(H,20,21). The maximum absolute atomic E-state index is 12.4. The quantitative estimate of drug-likeness (QED) is 0.813. The molecule has 3 rings (SSSR count). The molecule has 1 aliphatic rings. The van der Waals surface area contributed by atoms with Gasteiger partial charge in [-0.2, -0.15) is 0 Å². The van der Waals surface area contributed by atoms with Crippen LogP contribution in [0.15, 0.2) is 30.5 Å². The van der Waals surface area contributed by atoms with Crippen LogP contribution in [0.1, 0.15) is 30.1 Å². The van der Waals surface area contributed by atoms with Gasteiger partial charge in [-0.1, -0.05) is 18.2 Å². The van der Waals surface area contributed by atoms with Crippen LogP contribution in [0.5, 0.6) is 0 Å². The predicted octanol–water partition coefficient (Wildman–Crippen LogP) is 3.02. The van der Waals surface area contributed by atoms with E-state index in [1.165, 1.54) is 0 Å². The van der Waals surface area contributed by atoms with Gasteiger partial charge in [0.15, 0.2) is 0 Å². The molecule has 0 saturated carbocycles. The van der Waals surface area contributed by atoms with Gasteiger partial charge in [-0.25, -0.2) is 4.79 Å². The molecule has 2 heterocycles. The van der Waals surface area contributed by atoms with E-state index in [4.69, 9.17) is 14.2 Å². The highest BCUT2D eigenvalue weighted by Crippen LogP contribution is 2.30. The molecule has 0 aliphatic carbocycles. The molecule has 0 radical (unpaired) electrons. The molecule has 1 saturated heterocycles. The molecule has 6 heteroatoms. The van der Waals surface area contributed by atoms with Crippen molar-refractivity contribution in [2.45, 2.75) is 25.4 Å². The van der Waals surface area contributed by atoms with Crippen molar-refractivity contribution in [3.05, 3.63) is 36.0 Å². The summed E-state index contributed by atoms with van der Waals surface area (Å²) in [5, 5.41) is 4.33. The Kier molecular flexibility index (Phi) is 5.50. The van der Waals surface area contributed by atoms with Crippen LogP contribution in [-0.4, -0.2) is 50.0 Å². The SMILES string of the molecule is CCOC(=O)c1cnc2ccccc2c1NCC1(OC)CCOCC1. The number of anilines is 1. The summed E-state index contributed by atoms with van der Waals surface area (Å²) >= 11 is 0. The number of ether oxygens (including phenoxy) is 3. The lowest BCUT2D eigenvalue weighted by Gasteiger charge is -2.36. The summed E-state index contributed by atoms with van der Waals surface area (Å²) in [4.78, 5) is 16.7. The molecule has 6 nitrogen and oxygen atoms in total. The van der Waals surface area contributed by atoms with E-state index in [1.54, 1.807) is 20.2 Å². The van der Waals surface area contributed by atoms with Gasteiger partial charge in [-0.05, 0) is 13.0 Å². The fraction of sp³-hybridized carbons (Fsp3) is 0.474. The van der Waals surface area contributed by atoms with Crippen LogP contribution in [0.4, 0.5) is 5.69 Å². The largest absolute Gasteiger partial charge is 0.462 e. The van der Waals surface area contributed by atoms with Gasteiger partial charge < -0.3 is 19.5 Å². The van der Waals surface area contributed by atoms with Crippen LogP contribution >= 0.6 is 0 Å². The molecule has 1 fully saturated rings. The van der Waals surface area contributed by atoms with E-state index in [0.29, 0.717) is 31.9 Å². The molecule has 2 aromatic rings. The number of hydrogen-bond acceptors (Lipinski definition) is 6. The second-order valence-electron chi connectivity index (χ2n) is 6.14. The summed E-state index contributed by atoms with van der Waals surface area (Å²) in [6.07, 6.45) is 3.20. The molecule has 1 aromatic carbocycles. The minimum absolute atomic E-state index is 0.297. The molecule has 0 atom stereocenters. The zero-order valence-corrected chi connectivity index (χ0v) is 14.7. The van der Waals surface area contributed by atoms with Crippen molar-refractivity contribution in [3.8, 4) is 0 Å². The molecular weight excluding hydrogens is 320 g/mol. The van der Waals surface area contributed by atoms with Gasteiger partial charge in [0, 0.05) is 51.3 Å². The minimum atomic E-state index is -0.373. The average Bonchev–Trinajstić information content (AvgIpc) is 2.67. The number of para-hydroxylation sites is 1. The number of nitrogens with zero attached hydrogens (tertiary/aromatic N) is 1. The second-order valence-corrected chi connectivity index (χ2v) is 6.14. The highest BCUT2D eigenvalue weighted by atomic mass is 16.5. The summed E-state index contributed by atoms with van der Waals surface area (Å²) in [7, 11) is 1.73. The Morgan fingerprint density at radius 3 is 2.80 bits per heavy atom. The molecule has 0 spiro atoms. The van der Waals surface area contributed by atoms with Gasteiger partial charge in [0.05, 0.1) is 23.4 Å². The number of esters is 1. The van der Waals surface area contributed by atoms with Gasteiger partial charge in [0.25, 0.3) is 0 Å². The van der Waals surface area contributed by atoms with Crippen molar-refractivity contribution >= 4 is 22.6 Å². The smallest absolute Gasteiger partial charge is 0.341 e. The van der Waals surface area contributed by atoms with Gasteiger partial charge in [0.2, 0.25) is 0 Å². The molecule has 1 N–H and O–H groups in total. The van der Waals surface area contributed by atoms with Crippen molar-refractivity contribution < 1.29 is 19.0 Å². The maximum Gasteiger partial charge on any atom is 0.341 e. The highest BCUT2D eigenvalue weighted by molar-refractivity contribution is 6.04. The summed E-state index contributed by atoms with van der Waals surface area (Å²) in [5.41, 5.74) is 1.72. The molecule has 1 aromatic heterocycles. The Bertz CT molecular complexity index is 741. The Balaban J connectivity index is 1.94. The fourth-order valence-corrected chi connectivity index (χ4v) is 3.14. The van der Waals surface area contributed by atoms with Crippen molar-refractivity contribution in [3.63, 3.8) is 0 Å². The maximum atomic E-state index is 12.4. The zero-order chi connectivity index (χ0) is 17.7. The molecule has 0 unspecified atom stereocenters. The molecular formula is C19H24N2O4. The van der Waals surface area contributed by atoms with E-state index >= 15 is 0 Å². The van der Waals surface area contributed by atoms with E-state index in [-0.39, 0.29) is 11.6 Å². The third kappa shape index (κ3) is 3.75. The van der Waals surface area contributed by atoms with E-state index < -0.39 is 0 Å². The van der Waals surface area contributed by atoms with Crippen molar-refractivity contribution in [2.75, 3.05) is 38.8 Å². The highest BCUT2D eigenvalue weighted by Gasteiger charge is 2.33. The van der Waals surface area contributed by atoms with Crippen LogP contribution < -0.4 is 5.32 Å². The third-order valence-electron chi connectivity index (χ3n) is 4.70. The monoisotopic (exact) mass is 344 g/mol. The summed E-state index contributed by atoms with van der Waals surface area (Å²) in [5.74, 6) is -0.373. The van der Waals surface area contributed by atoms with Gasteiger partial charge in [0.1, 0.15) is 5.56 Å². The first-order valence-electron chi connectivity index (χ1n) is 8.61. The van der Waals surface area contributed by atoms with E-state index in [0.717, 1.165) is 29.4 Å². The number of aromatic nitrogens is 1. The van der Waals surface area contributed by atoms with E-state index in [2.05, 4.69) is 10.3 Å². The Labute approximate surface area is 147 Å². The first-order valence-corrected chi connectivity index (χ1v) is 8.61. The zero-order valence-electron chi connectivity index (χ0n) is 14.7. The normalized spacial score (nSPS) is 16.6. The van der Waals surface area contributed by atoms with Crippen molar-refractivity contribution in [2.24, 2.45) is 0 Å². The van der Waals surface area contributed by atoms with Crippen LogP contribution in [-0.2, 0) is 14.2 Å². The molecule has 0 amide bonds. The Morgan fingerprint density at radius 2 is 2.08 bits per heavy atom. The number of fused-ring (bicyclic) bond motifs is 1. The first kappa shape index (κ1) is 17.6.